The minimum absolute atomic E-state index is 0.689. The normalized spacial score (nSPS) is 27.7. The molecule has 3 unspecified atom stereocenters. The molecule has 1 saturated carbocycles. The first-order valence-electron chi connectivity index (χ1n) is 6.79. The summed E-state index contributed by atoms with van der Waals surface area (Å²) in [6.45, 7) is 5.63. The first-order chi connectivity index (χ1) is 8.61. The Kier molecular flexibility index (Phi) is 5.11. The van der Waals surface area contributed by atoms with Gasteiger partial charge in [0, 0.05) is 15.5 Å². The van der Waals surface area contributed by atoms with Crippen LogP contribution in [0.15, 0.2) is 22.7 Å². The monoisotopic (exact) mass is 329 g/mol. The van der Waals surface area contributed by atoms with E-state index in [0.29, 0.717) is 6.04 Å². The molecule has 3 heteroatoms. The summed E-state index contributed by atoms with van der Waals surface area (Å²) < 4.78 is 1.06. The Balaban J connectivity index is 2.02. The molecule has 0 heterocycles. The van der Waals surface area contributed by atoms with E-state index in [2.05, 4.69) is 47.2 Å². The van der Waals surface area contributed by atoms with E-state index in [9.17, 15) is 0 Å². The highest BCUT2D eigenvalue weighted by atomic mass is 79.9. The van der Waals surface area contributed by atoms with Crippen molar-refractivity contribution in [3.8, 4) is 0 Å². The van der Waals surface area contributed by atoms with Gasteiger partial charge in [0.1, 0.15) is 0 Å². The lowest BCUT2D eigenvalue weighted by molar-refractivity contribution is 0.355. The maximum absolute atomic E-state index is 6.31. The number of nitrogens with one attached hydrogen (secondary N) is 1. The third kappa shape index (κ3) is 3.28. The van der Waals surface area contributed by atoms with Gasteiger partial charge in [-0.3, -0.25) is 0 Å². The van der Waals surface area contributed by atoms with Crippen molar-refractivity contribution < 1.29 is 0 Å². The van der Waals surface area contributed by atoms with Crippen LogP contribution in [-0.2, 0) is 6.42 Å². The smallest absolute Gasteiger partial charge is 0.0449 e. The van der Waals surface area contributed by atoms with E-state index in [1.54, 1.807) is 0 Å². The van der Waals surface area contributed by atoms with E-state index in [4.69, 9.17) is 11.6 Å². The van der Waals surface area contributed by atoms with E-state index in [1.165, 1.54) is 18.4 Å². The fraction of sp³-hybridized carbons (Fsp3) is 0.600. The summed E-state index contributed by atoms with van der Waals surface area (Å²) in [4.78, 5) is 0. The molecule has 1 aliphatic carbocycles. The van der Waals surface area contributed by atoms with Crippen molar-refractivity contribution >= 4 is 27.5 Å². The minimum atomic E-state index is 0.689. The van der Waals surface area contributed by atoms with Gasteiger partial charge in [0.2, 0.25) is 0 Å². The molecule has 0 radical (unpaired) electrons. The van der Waals surface area contributed by atoms with E-state index >= 15 is 0 Å². The summed E-state index contributed by atoms with van der Waals surface area (Å²) in [5, 5.41) is 4.49. The van der Waals surface area contributed by atoms with Gasteiger partial charge in [-0.1, -0.05) is 47.4 Å². The zero-order valence-corrected chi connectivity index (χ0v) is 13.4. The van der Waals surface area contributed by atoms with Gasteiger partial charge in [0.15, 0.2) is 0 Å². The second-order valence-corrected chi connectivity index (χ2v) is 6.62. The van der Waals surface area contributed by atoms with Crippen LogP contribution in [0.25, 0.3) is 0 Å². The second kappa shape index (κ2) is 6.40. The molecule has 18 heavy (non-hydrogen) atoms. The summed E-state index contributed by atoms with van der Waals surface area (Å²) in [5.41, 5.74) is 1.29. The van der Waals surface area contributed by atoms with Crippen LogP contribution in [0.5, 0.6) is 0 Å². The molecule has 0 aliphatic heterocycles. The van der Waals surface area contributed by atoms with Crippen molar-refractivity contribution in [2.75, 3.05) is 6.54 Å². The van der Waals surface area contributed by atoms with Crippen molar-refractivity contribution in [2.24, 2.45) is 11.8 Å². The van der Waals surface area contributed by atoms with Crippen LogP contribution < -0.4 is 5.32 Å². The second-order valence-electron chi connectivity index (χ2n) is 5.30. The highest BCUT2D eigenvalue weighted by molar-refractivity contribution is 9.10. The summed E-state index contributed by atoms with van der Waals surface area (Å²) >= 11 is 9.76. The Morgan fingerprint density at radius 3 is 2.83 bits per heavy atom. The first-order valence-corrected chi connectivity index (χ1v) is 7.96. The van der Waals surface area contributed by atoms with Crippen molar-refractivity contribution in [3.05, 3.63) is 33.3 Å². The molecule has 1 N–H and O–H groups in total. The molecule has 1 fully saturated rings. The van der Waals surface area contributed by atoms with Crippen molar-refractivity contribution in [2.45, 2.75) is 39.2 Å². The largest absolute Gasteiger partial charge is 0.314 e. The van der Waals surface area contributed by atoms with Gasteiger partial charge in [0.25, 0.3) is 0 Å². The number of benzene rings is 1. The Morgan fingerprint density at radius 1 is 1.39 bits per heavy atom. The van der Waals surface area contributed by atoms with E-state index < -0.39 is 0 Å². The molecule has 1 aromatic rings. The molecule has 0 aromatic heterocycles. The minimum Gasteiger partial charge on any atom is -0.314 e. The third-order valence-electron chi connectivity index (χ3n) is 4.19. The molecule has 0 bridgehead atoms. The molecule has 1 aliphatic rings. The van der Waals surface area contributed by atoms with Gasteiger partial charge in [-0.05, 0) is 55.3 Å². The van der Waals surface area contributed by atoms with Crippen LogP contribution >= 0.6 is 27.5 Å². The Labute approximate surface area is 123 Å². The van der Waals surface area contributed by atoms with Crippen molar-refractivity contribution in [1.29, 1.82) is 0 Å². The third-order valence-corrected chi connectivity index (χ3v) is 5.04. The highest BCUT2D eigenvalue weighted by Gasteiger charge is 2.32. The predicted molar refractivity (Wildman–Crippen MR) is 82.2 cm³/mol. The number of hydrogen-bond acceptors (Lipinski definition) is 1. The maximum Gasteiger partial charge on any atom is 0.0449 e. The summed E-state index contributed by atoms with van der Waals surface area (Å²) in [6.07, 6.45) is 3.72. The van der Waals surface area contributed by atoms with Gasteiger partial charge in [0.05, 0.1) is 0 Å². The van der Waals surface area contributed by atoms with Crippen LogP contribution in [0.3, 0.4) is 0 Å². The van der Waals surface area contributed by atoms with Crippen LogP contribution in [0, 0.1) is 11.8 Å². The molecule has 1 nitrogen and oxygen atoms in total. The predicted octanol–water partition coefficient (Wildman–Crippen LogP) is 4.67. The van der Waals surface area contributed by atoms with Gasteiger partial charge in [-0.2, -0.15) is 0 Å². The Morgan fingerprint density at radius 2 is 2.17 bits per heavy atom. The summed E-state index contributed by atoms with van der Waals surface area (Å²) in [5.74, 6) is 1.50. The zero-order valence-electron chi connectivity index (χ0n) is 11.0. The molecular weight excluding hydrogens is 310 g/mol. The number of halogens is 2. The lowest BCUT2D eigenvalue weighted by atomic mass is 9.89. The van der Waals surface area contributed by atoms with Crippen LogP contribution in [0.1, 0.15) is 32.3 Å². The van der Waals surface area contributed by atoms with Gasteiger partial charge in [-0.25, -0.2) is 0 Å². The van der Waals surface area contributed by atoms with Crippen LogP contribution in [0.2, 0.25) is 5.02 Å². The van der Waals surface area contributed by atoms with Crippen LogP contribution in [-0.4, -0.2) is 12.6 Å². The summed E-state index contributed by atoms with van der Waals surface area (Å²) in [6, 6.07) is 6.93. The fourth-order valence-corrected chi connectivity index (χ4v) is 3.81. The average molecular weight is 331 g/mol. The average Bonchev–Trinajstić information content (AvgIpc) is 2.66. The SMILES string of the molecule is CCNC1CCC(Cc2ccc(Br)cc2Cl)C1C. The molecule has 0 spiro atoms. The van der Waals surface area contributed by atoms with Gasteiger partial charge >= 0.3 is 0 Å². The highest BCUT2D eigenvalue weighted by Crippen LogP contribution is 2.36. The van der Waals surface area contributed by atoms with E-state index in [1.807, 2.05) is 6.07 Å². The van der Waals surface area contributed by atoms with Crippen molar-refractivity contribution in [1.82, 2.24) is 5.32 Å². The van der Waals surface area contributed by atoms with Crippen molar-refractivity contribution in [3.63, 3.8) is 0 Å². The molecule has 1 aromatic carbocycles. The number of hydrogen-bond donors (Lipinski definition) is 1. The number of rotatable bonds is 4. The molecule has 100 valence electrons. The first kappa shape index (κ1) is 14.4. The quantitative estimate of drug-likeness (QED) is 0.846. The Hall–Kier alpha value is -0.0500. The maximum atomic E-state index is 6.31. The van der Waals surface area contributed by atoms with Gasteiger partial charge < -0.3 is 5.32 Å². The lowest BCUT2D eigenvalue weighted by Crippen LogP contribution is -2.32. The van der Waals surface area contributed by atoms with E-state index in [-0.39, 0.29) is 0 Å². The summed E-state index contributed by atoms with van der Waals surface area (Å²) in [7, 11) is 0. The van der Waals surface area contributed by atoms with Gasteiger partial charge in [-0.15, -0.1) is 0 Å². The van der Waals surface area contributed by atoms with E-state index in [0.717, 1.165) is 34.3 Å². The lowest BCUT2D eigenvalue weighted by Gasteiger charge is -2.21. The topological polar surface area (TPSA) is 12.0 Å². The fourth-order valence-electron chi connectivity index (χ4n) is 3.06. The molecule has 3 atom stereocenters. The molecule has 0 amide bonds. The Bertz CT molecular complexity index is 407. The zero-order chi connectivity index (χ0) is 13.1. The molecule has 0 saturated heterocycles. The molecular formula is C15H21BrClN. The van der Waals surface area contributed by atoms with Crippen LogP contribution in [0.4, 0.5) is 0 Å². The molecule has 2 rings (SSSR count). The standard InChI is InChI=1S/C15H21BrClN/c1-3-18-15-7-5-11(10(15)2)8-12-4-6-13(16)9-14(12)17/h4,6,9-11,15,18H,3,5,7-8H2,1-2H3.